The number of nitrogens with one attached hydrogen (secondary N) is 1. The normalized spacial score (nSPS) is 14.2. The fourth-order valence-electron chi connectivity index (χ4n) is 3.66. The van der Waals surface area contributed by atoms with E-state index >= 15 is 4.39 Å². The van der Waals surface area contributed by atoms with Crippen LogP contribution in [-0.4, -0.2) is 31.5 Å². The van der Waals surface area contributed by atoms with Gasteiger partial charge in [0.05, 0.1) is 18.4 Å². The van der Waals surface area contributed by atoms with E-state index in [0.29, 0.717) is 18.0 Å². The van der Waals surface area contributed by atoms with Gasteiger partial charge in [-0.25, -0.2) is 16.8 Å². The first-order valence-corrected chi connectivity index (χ1v) is 10.8. The molecule has 0 radical (unpaired) electrons. The van der Waals surface area contributed by atoms with Gasteiger partial charge in [-0.1, -0.05) is 6.07 Å². The molecular formula is C21H22FN3O3S. The summed E-state index contributed by atoms with van der Waals surface area (Å²) in [4.78, 5) is 3.99. The lowest BCUT2D eigenvalue weighted by Crippen LogP contribution is -2.14. The van der Waals surface area contributed by atoms with Gasteiger partial charge < -0.3 is 10.1 Å². The molecule has 0 atom stereocenters. The second-order valence-electron chi connectivity index (χ2n) is 7.03. The fraction of sp³-hybridized carbons (Fsp3) is 0.286. The van der Waals surface area contributed by atoms with E-state index in [4.69, 9.17) is 4.74 Å². The van der Waals surface area contributed by atoms with Crippen molar-refractivity contribution in [3.05, 3.63) is 65.9 Å². The Morgan fingerprint density at radius 1 is 1.28 bits per heavy atom. The van der Waals surface area contributed by atoms with Crippen LogP contribution >= 0.6 is 0 Å². The number of methoxy groups -OCH3 is 1. The molecule has 4 rings (SSSR count). The number of hydrogen-bond acceptors (Lipinski definition) is 5. The summed E-state index contributed by atoms with van der Waals surface area (Å²) in [6.45, 7) is 0.477. The molecule has 0 amide bonds. The summed E-state index contributed by atoms with van der Waals surface area (Å²) in [7, 11) is -0.732. The Labute approximate surface area is 169 Å². The van der Waals surface area contributed by atoms with Crippen molar-refractivity contribution in [2.45, 2.75) is 30.2 Å². The highest BCUT2D eigenvalue weighted by molar-refractivity contribution is 7.90. The Bertz CT molecular complexity index is 1140. The van der Waals surface area contributed by atoms with E-state index in [0.717, 1.165) is 24.0 Å². The number of aromatic nitrogens is 2. The molecular weight excluding hydrogens is 393 g/mol. The van der Waals surface area contributed by atoms with Crippen LogP contribution in [0.25, 0.3) is 11.3 Å². The zero-order valence-corrected chi connectivity index (χ0v) is 17.0. The number of ether oxygens (including phenoxy) is 1. The van der Waals surface area contributed by atoms with Gasteiger partial charge in [-0.3, -0.25) is 4.98 Å². The highest BCUT2D eigenvalue weighted by Crippen LogP contribution is 2.49. The first kappa shape index (κ1) is 19.6. The molecule has 6 nitrogen and oxygen atoms in total. The molecule has 2 heterocycles. The van der Waals surface area contributed by atoms with Gasteiger partial charge in [0.1, 0.15) is 16.5 Å². The van der Waals surface area contributed by atoms with Crippen molar-refractivity contribution in [1.29, 1.82) is 0 Å². The average molecular weight is 415 g/mol. The largest absolute Gasteiger partial charge is 0.496 e. The molecule has 1 aliphatic rings. The summed E-state index contributed by atoms with van der Waals surface area (Å²) < 4.78 is 48.6. The van der Waals surface area contributed by atoms with Crippen molar-refractivity contribution in [2.75, 3.05) is 14.2 Å². The van der Waals surface area contributed by atoms with Crippen LogP contribution in [0.1, 0.15) is 29.9 Å². The number of halogens is 1. The molecule has 1 N–H and O–H groups in total. The van der Waals surface area contributed by atoms with Gasteiger partial charge in [0.25, 0.3) is 10.0 Å². The van der Waals surface area contributed by atoms with Gasteiger partial charge in [-0.05, 0) is 61.2 Å². The van der Waals surface area contributed by atoms with Crippen LogP contribution in [0, 0.1) is 5.82 Å². The van der Waals surface area contributed by atoms with E-state index in [2.05, 4.69) is 10.3 Å². The topological polar surface area (TPSA) is 73.2 Å². The quantitative estimate of drug-likeness (QED) is 0.639. The summed E-state index contributed by atoms with van der Waals surface area (Å²) in [5, 5.41) is 3.09. The lowest BCUT2D eigenvalue weighted by atomic mass is 10.00. The van der Waals surface area contributed by atoms with E-state index in [1.165, 1.54) is 35.6 Å². The van der Waals surface area contributed by atoms with Crippen LogP contribution in [0.4, 0.5) is 4.39 Å². The number of rotatable bonds is 7. The van der Waals surface area contributed by atoms with Crippen LogP contribution in [0.3, 0.4) is 0 Å². The molecule has 1 aromatic carbocycles. The monoisotopic (exact) mass is 415 g/mol. The van der Waals surface area contributed by atoms with E-state index < -0.39 is 15.8 Å². The van der Waals surface area contributed by atoms with Gasteiger partial charge in [-0.2, -0.15) is 0 Å². The van der Waals surface area contributed by atoms with Crippen molar-refractivity contribution in [1.82, 2.24) is 14.3 Å². The summed E-state index contributed by atoms with van der Waals surface area (Å²) in [5.41, 5.74) is 2.18. The second-order valence-corrected chi connectivity index (χ2v) is 8.84. The zero-order chi connectivity index (χ0) is 20.6. The van der Waals surface area contributed by atoms with Crippen molar-refractivity contribution in [2.24, 2.45) is 0 Å². The Hall–Kier alpha value is -2.71. The molecule has 1 fully saturated rings. The molecule has 1 saturated carbocycles. The number of pyridine rings is 1. The minimum Gasteiger partial charge on any atom is -0.496 e. The second kappa shape index (κ2) is 7.61. The third-order valence-corrected chi connectivity index (χ3v) is 6.71. The molecule has 0 aliphatic heterocycles. The predicted octanol–water partition coefficient (Wildman–Crippen LogP) is 3.53. The highest BCUT2D eigenvalue weighted by Gasteiger charge is 2.36. The lowest BCUT2D eigenvalue weighted by molar-refractivity contribution is 0.413. The molecule has 0 saturated heterocycles. The Kier molecular flexibility index (Phi) is 5.14. The van der Waals surface area contributed by atoms with Gasteiger partial charge in [0.15, 0.2) is 0 Å². The molecule has 8 heteroatoms. The van der Waals surface area contributed by atoms with Gasteiger partial charge >= 0.3 is 0 Å². The van der Waals surface area contributed by atoms with Crippen LogP contribution in [0.15, 0.2) is 53.8 Å². The minimum atomic E-state index is -3.98. The molecule has 3 aromatic rings. The molecule has 152 valence electrons. The van der Waals surface area contributed by atoms with Gasteiger partial charge in [-0.15, -0.1) is 0 Å². The predicted molar refractivity (Wildman–Crippen MR) is 108 cm³/mol. The van der Waals surface area contributed by atoms with E-state index in [1.807, 2.05) is 0 Å². The Morgan fingerprint density at radius 2 is 2.07 bits per heavy atom. The maximum absolute atomic E-state index is 15.0. The van der Waals surface area contributed by atoms with E-state index in [9.17, 15) is 8.42 Å². The average Bonchev–Trinajstić information content (AvgIpc) is 3.49. The Morgan fingerprint density at radius 3 is 2.69 bits per heavy atom. The van der Waals surface area contributed by atoms with Crippen molar-refractivity contribution in [3.8, 4) is 17.0 Å². The third-order valence-electron chi connectivity index (χ3n) is 5.07. The molecule has 0 bridgehead atoms. The first-order chi connectivity index (χ1) is 14.0. The van der Waals surface area contributed by atoms with Gasteiger partial charge in [0.2, 0.25) is 0 Å². The fourth-order valence-corrected chi connectivity index (χ4v) is 5.02. The Balaban J connectivity index is 2.07. The minimum absolute atomic E-state index is 0.0462. The summed E-state index contributed by atoms with van der Waals surface area (Å²) in [6, 6.07) is 7.56. The summed E-state index contributed by atoms with van der Waals surface area (Å²) in [6.07, 6.45) is 6.28. The van der Waals surface area contributed by atoms with Crippen LogP contribution in [0.2, 0.25) is 0 Å². The molecule has 0 unspecified atom stereocenters. The van der Waals surface area contributed by atoms with Gasteiger partial charge in [0, 0.05) is 25.1 Å². The molecule has 2 aromatic heterocycles. The SMILES string of the molecule is CNCc1cn(S(=O)(=O)c2cccnc2)c(-c2c(F)cccc2OC)c1C1CC1. The summed E-state index contributed by atoms with van der Waals surface area (Å²) >= 11 is 0. The molecule has 1 aliphatic carbocycles. The number of hydrogen-bond donors (Lipinski definition) is 1. The first-order valence-electron chi connectivity index (χ1n) is 9.36. The molecule has 0 spiro atoms. The maximum atomic E-state index is 15.0. The standard InChI is InChI=1S/C21H22FN3O3S/c1-23-11-15-13-25(29(26,27)16-5-4-10-24-12-16)21(19(15)14-8-9-14)20-17(22)6-3-7-18(20)28-2/h3-7,10,12-14,23H,8-9,11H2,1-2H3. The zero-order valence-electron chi connectivity index (χ0n) is 16.2. The number of nitrogens with zero attached hydrogens (tertiary/aromatic N) is 2. The van der Waals surface area contributed by atoms with Crippen LogP contribution in [0.5, 0.6) is 5.75 Å². The lowest BCUT2D eigenvalue weighted by Gasteiger charge is -2.16. The van der Waals surface area contributed by atoms with Crippen molar-refractivity contribution >= 4 is 10.0 Å². The van der Waals surface area contributed by atoms with Crippen molar-refractivity contribution < 1.29 is 17.5 Å². The van der Waals surface area contributed by atoms with Crippen molar-refractivity contribution in [3.63, 3.8) is 0 Å². The van der Waals surface area contributed by atoms with Crippen LogP contribution < -0.4 is 10.1 Å². The highest BCUT2D eigenvalue weighted by atomic mass is 32.2. The maximum Gasteiger partial charge on any atom is 0.269 e. The number of benzene rings is 1. The smallest absolute Gasteiger partial charge is 0.269 e. The van der Waals surface area contributed by atoms with E-state index in [1.54, 1.807) is 31.4 Å². The molecule has 29 heavy (non-hydrogen) atoms. The van der Waals surface area contributed by atoms with Crippen LogP contribution in [-0.2, 0) is 16.6 Å². The van der Waals surface area contributed by atoms with E-state index in [-0.39, 0.29) is 16.4 Å². The summed E-state index contributed by atoms with van der Waals surface area (Å²) in [5.74, 6) is -0.0327. The third kappa shape index (κ3) is 3.42.